The van der Waals surface area contributed by atoms with E-state index >= 15 is 0 Å². The van der Waals surface area contributed by atoms with Crippen LogP contribution in [0.4, 0.5) is 4.79 Å². The quantitative estimate of drug-likeness (QED) is 0.196. The van der Waals surface area contributed by atoms with Crippen LogP contribution in [0.2, 0.25) is 0 Å². The van der Waals surface area contributed by atoms with E-state index in [4.69, 9.17) is 0 Å². The van der Waals surface area contributed by atoms with Gasteiger partial charge in [0.1, 0.15) is 12.1 Å². The predicted octanol–water partition coefficient (Wildman–Crippen LogP) is 4.01. The van der Waals surface area contributed by atoms with Crippen molar-refractivity contribution in [3.05, 3.63) is 0 Å². The fraction of sp³-hybridized carbons (Fsp3) is 0.865. The van der Waals surface area contributed by atoms with E-state index in [9.17, 15) is 32.4 Å². The fourth-order valence-electron chi connectivity index (χ4n) is 7.17. The summed E-state index contributed by atoms with van der Waals surface area (Å²) in [7, 11) is -3.56. The van der Waals surface area contributed by atoms with Gasteiger partial charge in [-0.15, -0.1) is 0 Å². The second-order valence-electron chi connectivity index (χ2n) is 18.1. The molecule has 0 bridgehead atoms. The van der Waals surface area contributed by atoms with Crippen molar-refractivity contribution in [3.8, 4) is 0 Å². The van der Waals surface area contributed by atoms with Crippen molar-refractivity contribution in [1.82, 2.24) is 26.2 Å². The summed E-state index contributed by atoms with van der Waals surface area (Å²) in [6.45, 7) is 14.9. The average molecular weight is 722 g/mol. The molecule has 50 heavy (non-hydrogen) atoms. The molecule has 0 radical (unpaired) electrons. The van der Waals surface area contributed by atoms with Gasteiger partial charge in [0.25, 0.3) is 5.91 Å². The summed E-state index contributed by atoms with van der Waals surface area (Å²) in [5.74, 6) is -1.73. The molecule has 3 saturated carbocycles. The van der Waals surface area contributed by atoms with Crippen LogP contribution in [0.15, 0.2) is 0 Å². The molecule has 12 nitrogen and oxygen atoms in total. The van der Waals surface area contributed by atoms with Crippen molar-refractivity contribution >= 4 is 39.4 Å². The molecule has 3 aliphatic carbocycles. The van der Waals surface area contributed by atoms with Gasteiger partial charge in [-0.25, -0.2) is 13.2 Å². The van der Waals surface area contributed by atoms with Crippen LogP contribution in [0.3, 0.4) is 0 Å². The molecule has 0 aromatic rings. The molecule has 0 spiro atoms. The van der Waals surface area contributed by atoms with Gasteiger partial charge in [-0.2, -0.15) is 0 Å². The molecule has 1 aliphatic heterocycles. The minimum Gasteiger partial charge on any atom is -0.347 e. The standard InChI is InChI=1S/C37H63N5O7S/c1-23(2)25-20-28(31(44)39-27(17-14-24-12-13-24)29(43)32(45)38-26-15-16-26)42(21-25)33(46)30(35(3,4)5)40-34(47)41-37(18-10-9-11-19-37)22-50(48,49)36(6,7)8/h23-28,30H,9-22H2,1-8H3,(H,38,45)(H,39,44)(H2,40,41,47)/t25-,27+,28+,30-/m1/s1. The Morgan fingerprint density at radius 3 is 2.02 bits per heavy atom. The number of amides is 5. The summed E-state index contributed by atoms with van der Waals surface area (Å²) in [6.07, 6.45) is 8.89. The smallest absolute Gasteiger partial charge is 0.315 e. The molecule has 4 rings (SSSR count). The number of carbonyl (C=O) groups excluding carboxylic acids is 5. The third-order valence-corrected chi connectivity index (χ3v) is 14.0. The Morgan fingerprint density at radius 2 is 1.50 bits per heavy atom. The Morgan fingerprint density at radius 1 is 0.880 bits per heavy atom. The molecule has 4 N–H and O–H groups in total. The van der Waals surface area contributed by atoms with Crippen LogP contribution in [0.1, 0.15) is 132 Å². The highest BCUT2D eigenvalue weighted by atomic mass is 32.2. The lowest BCUT2D eigenvalue weighted by molar-refractivity contribution is -0.144. The van der Waals surface area contributed by atoms with Crippen LogP contribution in [0.25, 0.3) is 0 Å². The topological polar surface area (TPSA) is 171 Å². The van der Waals surface area contributed by atoms with Crippen LogP contribution < -0.4 is 21.3 Å². The number of carbonyl (C=O) groups is 5. The molecule has 284 valence electrons. The zero-order valence-electron chi connectivity index (χ0n) is 31.7. The number of ketones is 1. The van der Waals surface area contributed by atoms with E-state index in [-0.39, 0.29) is 23.6 Å². The summed E-state index contributed by atoms with van der Waals surface area (Å²) >= 11 is 0. The van der Waals surface area contributed by atoms with Crippen LogP contribution in [-0.2, 0) is 29.0 Å². The predicted molar refractivity (Wildman–Crippen MR) is 193 cm³/mol. The highest BCUT2D eigenvalue weighted by Crippen LogP contribution is 2.36. The molecule has 4 aliphatic rings. The van der Waals surface area contributed by atoms with E-state index < -0.39 is 73.2 Å². The van der Waals surface area contributed by atoms with Crippen molar-refractivity contribution < 1.29 is 32.4 Å². The highest BCUT2D eigenvalue weighted by molar-refractivity contribution is 7.92. The van der Waals surface area contributed by atoms with Crippen molar-refractivity contribution in [2.24, 2.45) is 23.2 Å². The lowest BCUT2D eigenvalue weighted by atomic mass is 9.83. The number of likely N-dealkylation sites (tertiary alicyclic amines) is 1. The Kier molecular flexibility index (Phi) is 12.4. The van der Waals surface area contributed by atoms with E-state index in [1.807, 2.05) is 34.6 Å². The number of hydrogen-bond acceptors (Lipinski definition) is 7. The van der Waals surface area contributed by atoms with Gasteiger partial charge >= 0.3 is 6.03 Å². The minimum absolute atomic E-state index is 0.0101. The molecule has 1 saturated heterocycles. The van der Waals surface area contributed by atoms with Gasteiger partial charge in [-0.05, 0) is 88.9 Å². The first-order valence-electron chi connectivity index (χ1n) is 18.9. The summed E-state index contributed by atoms with van der Waals surface area (Å²) in [6, 6.07) is -3.49. The minimum atomic E-state index is -3.56. The molecule has 0 unspecified atom stereocenters. The maximum absolute atomic E-state index is 14.5. The van der Waals surface area contributed by atoms with Crippen LogP contribution in [0, 0.1) is 23.2 Å². The summed E-state index contributed by atoms with van der Waals surface area (Å²) in [4.78, 5) is 69.8. The Bertz CT molecular complexity index is 1390. The van der Waals surface area contributed by atoms with E-state index in [0.29, 0.717) is 38.1 Å². The van der Waals surface area contributed by atoms with Gasteiger partial charge in [0.2, 0.25) is 17.6 Å². The molecular weight excluding hydrogens is 659 g/mol. The second kappa shape index (κ2) is 15.5. The molecule has 0 aromatic carbocycles. The van der Waals surface area contributed by atoms with Crippen molar-refractivity contribution in [1.29, 1.82) is 0 Å². The van der Waals surface area contributed by atoms with Gasteiger partial charge in [0.05, 0.1) is 22.1 Å². The first kappa shape index (κ1) is 40.1. The van der Waals surface area contributed by atoms with Gasteiger partial charge < -0.3 is 26.2 Å². The molecule has 5 amide bonds. The Hall–Kier alpha value is -2.70. The number of Topliss-reactive ketones (excluding diaryl/α,β-unsaturated/α-hetero) is 1. The number of urea groups is 1. The monoisotopic (exact) mass is 721 g/mol. The largest absolute Gasteiger partial charge is 0.347 e. The van der Waals surface area contributed by atoms with Crippen molar-refractivity contribution in [2.45, 2.75) is 167 Å². The zero-order chi connectivity index (χ0) is 37.2. The van der Waals surface area contributed by atoms with Gasteiger partial charge in [0.15, 0.2) is 9.84 Å². The molecular formula is C37H63N5O7S. The van der Waals surface area contributed by atoms with Gasteiger partial charge in [-0.1, -0.05) is 66.7 Å². The van der Waals surface area contributed by atoms with Crippen LogP contribution >= 0.6 is 0 Å². The normalized spacial score (nSPS) is 23.9. The maximum Gasteiger partial charge on any atom is 0.315 e. The van der Waals surface area contributed by atoms with Gasteiger partial charge in [-0.3, -0.25) is 19.2 Å². The summed E-state index contributed by atoms with van der Waals surface area (Å²) < 4.78 is 25.7. The molecule has 13 heteroatoms. The average Bonchev–Trinajstić information content (AvgIpc) is 3.94. The lowest BCUT2D eigenvalue weighted by Gasteiger charge is -2.41. The lowest BCUT2D eigenvalue weighted by Crippen LogP contribution is -2.63. The molecule has 1 heterocycles. The number of nitrogens with one attached hydrogen (secondary N) is 4. The van der Waals surface area contributed by atoms with Gasteiger partial charge in [0, 0.05) is 12.6 Å². The first-order chi connectivity index (χ1) is 23.1. The Labute approximate surface area is 299 Å². The van der Waals surface area contributed by atoms with E-state index in [1.54, 1.807) is 20.8 Å². The number of sulfone groups is 1. The fourth-order valence-corrected chi connectivity index (χ4v) is 8.69. The third-order valence-electron chi connectivity index (χ3n) is 11.2. The Balaban J connectivity index is 1.53. The van der Waals surface area contributed by atoms with Crippen LogP contribution in [-0.4, -0.2) is 89.6 Å². The first-order valence-corrected chi connectivity index (χ1v) is 20.5. The number of nitrogens with zero attached hydrogens (tertiary/aromatic N) is 1. The maximum atomic E-state index is 14.5. The SMILES string of the molecule is CC(C)[C@@H]1C[C@@H](C(=O)N[C@@H](CCC2CC2)C(=O)C(=O)NC2CC2)N(C(=O)[C@@H](NC(=O)NC2(CS(=O)(=O)C(C)(C)C)CCCCC2)C(C)(C)C)C1. The van der Waals surface area contributed by atoms with Crippen LogP contribution in [0.5, 0.6) is 0 Å². The number of hydrogen-bond donors (Lipinski definition) is 4. The van der Waals surface area contributed by atoms with Crippen molar-refractivity contribution in [2.75, 3.05) is 12.3 Å². The van der Waals surface area contributed by atoms with Crippen molar-refractivity contribution in [3.63, 3.8) is 0 Å². The van der Waals surface area contributed by atoms with E-state index in [1.165, 1.54) is 4.90 Å². The van der Waals surface area contributed by atoms with E-state index in [2.05, 4.69) is 21.3 Å². The van der Waals surface area contributed by atoms with E-state index in [0.717, 1.165) is 51.4 Å². The third kappa shape index (κ3) is 10.4. The highest BCUT2D eigenvalue weighted by Gasteiger charge is 2.48. The molecule has 0 aromatic heterocycles. The summed E-state index contributed by atoms with van der Waals surface area (Å²) in [5.41, 5.74) is -1.71. The summed E-state index contributed by atoms with van der Waals surface area (Å²) in [5, 5.41) is 11.5. The number of rotatable bonds is 14. The zero-order valence-corrected chi connectivity index (χ0v) is 32.5. The molecule has 4 fully saturated rings. The second-order valence-corrected chi connectivity index (χ2v) is 20.8. The molecule has 4 atom stereocenters.